The van der Waals surface area contributed by atoms with Gasteiger partial charge in [-0.25, -0.2) is 0 Å². The molecule has 1 heterocycles. The number of rotatable bonds is 5. The summed E-state index contributed by atoms with van der Waals surface area (Å²) in [6, 6.07) is 0.316. The Kier molecular flexibility index (Phi) is 6.09. The molecular weight excluding hydrogens is 228 g/mol. The summed E-state index contributed by atoms with van der Waals surface area (Å²) in [6.45, 7) is 10.9. The van der Waals surface area contributed by atoms with Crippen LogP contribution in [0.4, 0.5) is 0 Å². The van der Waals surface area contributed by atoms with Gasteiger partial charge in [0.15, 0.2) is 0 Å². The van der Waals surface area contributed by atoms with E-state index in [4.69, 9.17) is 4.74 Å². The summed E-state index contributed by atoms with van der Waals surface area (Å²) in [6.07, 6.45) is 1.28. The summed E-state index contributed by atoms with van der Waals surface area (Å²) >= 11 is 0. The van der Waals surface area contributed by atoms with E-state index in [1.54, 1.807) is 0 Å². The average molecular weight is 256 g/mol. The van der Waals surface area contributed by atoms with Crippen molar-refractivity contribution >= 4 is 5.97 Å². The van der Waals surface area contributed by atoms with Gasteiger partial charge in [0.1, 0.15) is 6.04 Å². The Morgan fingerprint density at radius 1 is 1.44 bits per heavy atom. The first-order chi connectivity index (χ1) is 8.49. The van der Waals surface area contributed by atoms with Crippen LogP contribution >= 0.6 is 0 Å². The Hall–Kier alpha value is -0.610. The van der Waals surface area contributed by atoms with E-state index in [0.29, 0.717) is 24.5 Å². The van der Waals surface area contributed by atoms with Crippen molar-refractivity contribution in [2.24, 2.45) is 11.8 Å². The van der Waals surface area contributed by atoms with Crippen molar-refractivity contribution < 1.29 is 9.53 Å². The summed E-state index contributed by atoms with van der Waals surface area (Å²) in [7, 11) is 1.82. The fourth-order valence-corrected chi connectivity index (χ4v) is 2.83. The van der Waals surface area contributed by atoms with Gasteiger partial charge in [-0.15, -0.1) is 0 Å². The van der Waals surface area contributed by atoms with Gasteiger partial charge in [-0.05, 0) is 39.2 Å². The number of hydrogen-bond donors (Lipinski definition) is 1. The third-order valence-electron chi connectivity index (χ3n) is 4.06. The van der Waals surface area contributed by atoms with Crippen LogP contribution in [-0.4, -0.2) is 49.7 Å². The molecule has 0 aromatic rings. The zero-order valence-corrected chi connectivity index (χ0v) is 12.4. The van der Waals surface area contributed by atoms with Crippen LogP contribution in [0.1, 0.15) is 34.1 Å². The number of likely N-dealkylation sites (N-methyl/N-ethyl adjacent to an activating group) is 1. The van der Waals surface area contributed by atoms with Crippen molar-refractivity contribution in [3.05, 3.63) is 0 Å². The second-order valence-electron chi connectivity index (χ2n) is 5.61. The monoisotopic (exact) mass is 256 g/mol. The number of esters is 1. The lowest BCUT2D eigenvalue weighted by atomic mass is 9.86. The van der Waals surface area contributed by atoms with E-state index in [9.17, 15) is 4.79 Å². The minimum Gasteiger partial charge on any atom is -0.465 e. The molecule has 1 fully saturated rings. The topological polar surface area (TPSA) is 41.6 Å². The smallest absolute Gasteiger partial charge is 0.324 e. The van der Waals surface area contributed by atoms with Gasteiger partial charge in [-0.3, -0.25) is 9.69 Å². The Bertz CT molecular complexity index is 271. The first-order valence-electron chi connectivity index (χ1n) is 7.07. The number of likely N-dealkylation sites (tertiary alicyclic amines) is 1. The molecule has 1 N–H and O–H groups in total. The molecule has 4 nitrogen and oxygen atoms in total. The van der Waals surface area contributed by atoms with E-state index in [1.165, 1.54) is 6.42 Å². The number of nitrogens with one attached hydrogen (secondary N) is 1. The number of carbonyl (C=O) groups excluding carboxylic acids is 1. The van der Waals surface area contributed by atoms with Crippen LogP contribution in [0.3, 0.4) is 0 Å². The molecule has 0 amide bonds. The van der Waals surface area contributed by atoms with Crippen LogP contribution < -0.4 is 5.32 Å². The molecule has 4 unspecified atom stereocenters. The first kappa shape index (κ1) is 15.4. The van der Waals surface area contributed by atoms with Gasteiger partial charge < -0.3 is 10.1 Å². The number of carbonyl (C=O) groups is 1. The molecular formula is C14H28N2O2. The molecule has 4 heteroatoms. The van der Waals surface area contributed by atoms with Crippen molar-refractivity contribution in [2.75, 3.05) is 26.7 Å². The maximum absolute atomic E-state index is 11.8. The zero-order chi connectivity index (χ0) is 13.7. The summed E-state index contributed by atoms with van der Waals surface area (Å²) in [5.41, 5.74) is 0. The second-order valence-corrected chi connectivity index (χ2v) is 5.61. The largest absolute Gasteiger partial charge is 0.465 e. The van der Waals surface area contributed by atoms with Gasteiger partial charge in [0.05, 0.1) is 6.61 Å². The predicted octanol–water partition coefficient (Wildman–Crippen LogP) is 1.50. The molecule has 0 aliphatic carbocycles. The fourth-order valence-electron chi connectivity index (χ4n) is 2.83. The SMILES string of the molecule is CCOC(=O)C(CN1CC(C)CC(C)C1C)NC. The van der Waals surface area contributed by atoms with Crippen molar-refractivity contribution in [2.45, 2.75) is 46.2 Å². The van der Waals surface area contributed by atoms with Crippen molar-refractivity contribution in [3.63, 3.8) is 0 Å². The van der Waals surface area contributed by atoms with E-state index in [1.807, 2.05) is 14.0 Å². The van der Waals surface area contributed by atoms with Crippen LogP contribution in [0.15, 0.2) is 0 Å². The molecule has 0 radical (unpaired) electrons. The number of hydrogen-bond acceptors (Lipinski definition) is 4. The van der Waals surface area contributed by atoms with Gasteiger partial charge in [0.2, 0.25) is 0 Å². The molecule has 18 heavy (non-hydrogen) atoms. The lowest BCUT2D eigenvalue weighted by Crippen LogP contribution is -2.53. The van der Waals surface area contributed by atoms with E-state index in [-0.39, 0.29) is 12.0 Å². The van der Waals surface area contributed by atoms with Crippen LogP contribution in [0.25, 0.3) is 0 Å². The molecule has 1 aliphatic heterocycles. The molecule has 0 aromatic heterocycles. The van der Waals surface area contributed by atoms with Gasteiger partial charge in [0.25, 0.3) is 0 Å². The van der Waals surface area contributed by atoms with Crippen LogP contribution in [-0.2, 0) is 9.53 Å². The molecule has 4 atom stereocenters. The first-order valence-corrected chi connectivity index (χ1v) is 7.07. The molecule has 1 saturated heterocycles. The lowest BCUT2D eigenvalue weighted by molar-refractivity contribution is -0.146. The minimum atomic E-state index is -0.218. The highest BCUT2D eigenvalue weighted by Gasteiger charge is 2.31. The number of nitrogens with zero attached hydrogens (tertiary/aromatic N) is 1. The summed E-state index contributed by atoms with van der Waals surface area (Å²) < 4.78 is 5.10. The second kappa shape index (κ2) is 7.10. The van der Waals surface area contributed by atoms with Crippen LogP contribution in [0.2, 0.25) is 0 Å². The molecule has 0 bridgehead atoms. The average Bonchev–Trinajstić information content (AvgIpc) is 2.32. The van der Waals surface area contributed by atoms with E-state index < -0.39 is 0 Å². The fraction of sp³-hybridized carbons (Fsp3) is 0.929. The maximum atomic E-state index is 11.8. The van der Waals surface area contributed by atoms with Gasteiger partial charge in [-0.1, -0.05) is 13.8 Å². The summed E-state index contributed by atoms with van der Waals surface area (Å²) in [5.74, 6) is 1.25. The minimum absolute atomic E-state index is 0.141. The van der Waals surface area contributed by atoms with E-state index in [0.717, 1.165) is 13.1 Å². The summed E-state index contributed by atoms with van der Waals surface area (Å²) in [5, 5.41) is 3.07. The zero-order valence-electron chi connectivity index (χ0n) is 12.4. The molecule has 0 spiro atoms. The Balaban J connectivity index is 2.59. The standard InChI is InChI=1S/C14H28N2O2/c1-6-18-14(17)13(15-5)9-16-8-10(2)7-11(3)12(16)4/h10-13,15H,6-9H2,1-5H3. The molecule has 0 saturated carbocycles. The van der Waals surface area contributed by atoms with Crippen molar-refractivity contribution in [1.82, 2.24) is 10.2 Å². The quantitative estimate of drug-likeness (QED) is 0.757. The Morgan fingerprint density at radius 2 is 2.11 bits per heavy atom. The van der Waals surface area contributed by atoms with Gasteiger partial charge in [0, 0.05) is 19.1 Å². The molecule has 106 valence electrons. The van der Waals surface area contributed by atoms with Gasteiger partial charge in [-0.2, -0.15) is 0 Å². The van der Waals surface area contributed by atoms with Gasteiger partial charge >= 0.3 is 5.97 Å². The van der Waals surface area contributed by atoms with Crippen molar-refractivity contribution in [3.8, 4) is 0 Å². The summed E-state index contributed by atoms with van der Waals surface area (Å²) in [4.78, 5) is 14.2. The van der Waals surface area contributed by atoms with E-state index >= 15 is 0 Å². The molecule has 1 aliphatic rings. The van der Waals surface area contributed by atoms with Crippen LogP contribution in [0.5, 0.6) is 0 Å². The highest BCUT2D eigenvalue weighted by atomic mass is 16.5. The maximum Gasteiger partial charge on any atom is 0.324 e. The van der Waals surface area contributed by atoms with Crippen LogP contribution in [0, 0.1) is 11.8 Å². The highest BCUT2D eigenvalue weighted by Crippen LogP contribution is 2.26. The third kappa shape index (κ3) is 3.95. The number of ether oxygens (including phenoxy) is 1. The third-order valence-corrected chi connectivity index (χ3v) is 4.06. The molecule has 1 rings (SSSR count). The van der Waals surface area contributed by atoms with Crippen molar-refractivity contribution in [1.29, 1.82) is 0 Å². The predicted molar refractivity (Wildman–Crippen MR) is 73.5 cm³/mol. The normalized spacial score (nSPS) is 31.1. The number of piperidine rings is 1. The van der Waals surface area contributed by atoms with E-state index in [2.05, 4.69) is 31.0 Å². The molecule has 0 aromatic carbocycles. The Labute approximate surface area is 111 Å². The lowest BCUT2D eigenvalue weighted by Gasteiger charge is -2.42. The Morgan fingerprint density at radius 3 is 2.67 bits per heavy atom. The highest BCUT2D eigenvalue weighted by molar-refractivity contribution is 5.76.